The summed E-state index contributed by atoms with van der Waals surface area (Å²) >= 11 is 0. The first kappa shape index (κ1) is 7.32. The van der Waals surface area contributed by atoms with Gasteiger partial charge in [-0.1, -0.05) is 20.8 Å². The zero-order valence-electron chi connectivity index (χ0n) is 6.81. The highest BCUT2D eigenvalue weighted by atomic mass is 15.1. The van der Waals surface area contributed by atoms with Gasteiger partial charge in [0.15, 0.2) is 0 Å². The van der Waals surface area contributed by atoms with Crippen molar-refractivity contribution >= 4 is 0 Å². The maximum Gasteiger partial charge on any atom is 0.0627 e. The molecule has 2 heteroatoms. The van der Waals surface area contributed by atoms with Crippen LogP contribution in [0.3, 0.4) is 0 Å². The van der Waals surface area contributed by atoms with Crippen LogP contribution in [0.1, 0.15) is 26.5 Å². The summed E-state index contributed by atoms with van der Waals surface area (Å²) in [5.41, 5.74) is 1.49. The third-order valence-corrected chi connectivity index (χ3v) is 1.27. The quantitative estimate of drug-likeness (QED) is 0.631. The average molecular weight is 138 g/mol. The molecule has 0 bridgehead atoms. The zero-order valence-corrected chi connectivity index (χ0v) is 6.81. The molecule has 0 unspecified atom stereocenters. The van der Waals surface area contributed by atoms with Gasteiger partial charge in [-0.15, -0.1) is 0 Å². The summed E-state index contributed by atoms with van der Waals surface area (Å²) in [6.07, 6.45) is 2.90. The fraction of sp³-hybridized carbons (Fsp3) is 0.625. The normalized spacial score (nSPS) is 11.9. The van der Waals surface area contributed by atoms with E-state index in [1.165, 1.54) is 0 Å². The molecule has 0 radical (unpaired) electrons. The summed E-state index contributed by atoms with van der Waals surface area (Å²) in [7, 11) is 0. The Kier molecular flexibility index (Phi) is 1.79. The zero-order chi connectivity index (χ0) is 7.61. The highest BCUT2D eigenvalue weighted by Gasteiger charge is 2.11. The number of aromatic amines is 1. The van der Waals surface area contributed by atoms with E-state index in [-0.39, 0.29) is 0 Å². The molecule has 10 heavy (non-hydrogen) atoms. The number of nitrogens with one attached hydrogen (secondary N) is 1. The largest absolute Gasteiger partial charge is 0.285 e. The van der Waals surface area contributed by atoms with Gasteiger partial charge >= 0.3 is 0 Å². The Hall–Kier alpha value is -0.790. The van der Waals surface area contributed by atoms with Gasteiger partial charge in [0.25, 0.3) is 0 Å². The first-order valence-electron chi connectivity index (χ1n) is 3.57. The van der Waals surface area contributed by atoms with E-state index in [2.05, 4.69) is 31.0 Å². The molecule has 0 saturated carbocycles. The van der Waals surface area contributed by atoms with Crippen molar-refractivity contribution in [3.63, 3.8) is 0 Å². The molecular weight excluding hydrogens is 124 g/mol. The van der Waals surface area contributed by atoms with Crippen molar-refractivity contribution in [3.05, 3.63) is 18.0 Å². The van der Waals surface area contributed by atoms with Crippen molar-refractivity contribution < 1.29 is 0 Å². The van der Waals surface area contributed by atoms with Crippen LogP contribution >= 0.6 is 0 Å². The summed E-state index contributed by atoms with van der Waals surface area (Å²) in [4.78, 5) is 0. The molecule has 0 aliphatic rings. The van der Waals surface area contributed by atoms with Gasteiger partial charge in [0.1, 0.15) is 0 Å². The minimum absolute atomic E-state index is 0.342. The molecule has 1 aromatic rings. The van der Waals surface area contributed by atoms with Crippen molar-refractivity contribution in [1.29, 1.82) is 0 Å². The third-order valence-electron chi connectivity index (χ3n) is 1.27. The van der Waals surface area contributed by atoms with Crippen LogP contribution in [0.4, 0.5) is 0 Å². The second-order valence-electron chi connectivity index (χ2n) is 3.80. The lowest BCUT2D eigenvalue weighted by molar-refractivity contribution is 0.406. The molecule has 1 N–H and O–H groups in total. The van der Waals surface area contributed by atoms with Crippen LogP contribution in [0.5, 0.6) is 0 Å². The Bertz CT molecular complexity index is 182. The van der Waals surface area contributed by atoms with Crippen LogP contribution in [-0.2, 0) is 6.42 Å². The highest BCUT2D eigenvalue weighted by molar-refractivity contribution is 4.99. The van der Waals surface area contributed by atoms with Crippen LogP contribution in [0.15, 0.2) is 12.3 Å². The summed E-state index contributed by atoms with van der Waals surface area (Å²) in [6.45, 7) is 6.63. The van der Waals surface area contributed by atoms with Gasteiger partial charge in [-0.3, -0.25) is 5.10 Å². The molecule has 0 fully saturated rings. The molecule has 0 aliphatic heterocycles. The molecule has 1 heterocycles. The number of rotatable bonds is 1. The van der Waals surface area contributed by atoms with Crippen molar-refractivity contribution in [2.24, 2.45) is 5.41 Å². The number of hydrogen-bond acceptors (Lipinski definition) is 1. The summed E-state index contributed by atoms with van der Waals surface area (Å²) in [5.74, 6) is 0. The Balaban J connectivity index is 2.57. The Morgan fingerprint density at radius 2 is 2.20 bits per heavy atom. The van der Waals surface area contributed by atoms with Gasteiger partial charge in [-0.05, 0) is 17.9 Å². The smallest absolute Gasteiger partial charge is 0.0627 e. The molecule has 0 saturated heterocycles. The topological polar surface area (TPSA) is 28.7 Å². The molecular formula is C8H14N2. The molecule has 0 spiro atoms. The van der Waals surface area contributed by atoms with Crippen LogP contribution in [0.25, 0.3) is 0 Å². The molecule has 0 aliphatic carbocycles. The summed E-state index contributed by atoms with van der Waals surface area (Å²) in [5, 5.41) is 6.88. The van der Waals surface area contributed by atoms with E-state index in [0.717, 1.165) is 12.1 Å². The molecule has 1 rings (SSSR count). The first-order valence-corrected chi connectivity index (χ1v) is 3.57. The maximum absolute atomic E-state index is 4.08. The lowest BCUT2D eigenvalue weighted by Gasteiger charge is -2.15. The van der Waals surface area contributed by atoms with Crippen LogP contribution < -0.4 is 0 Å². The standard InChI is InChI=1S/C8H14N2/c1-8(2,3)6-7-4-5-9-10-7/h4-5H,6H2,1-3H3,(H,9,10). The van der Waals surface area contributed by atoms with E-state index >= 15 is 0 Å². The average Bonchev–Trinajstić information content (AvgIpc) is 2.12. The van der Waals surface area contributed by atoms with Crippen LogP contribution in [0, 0.1) is 5.41 Å². The second kappa shape index (κ2) is 2.45. The predicted octanol–water partition coefficient (Wildman–Crippen LogP) is 2.00. The summed E-state index contributed by atoms with van der Waals surface area (Å²) < 4.78 is 0. The van der Waals surface area contributed by atoms with Crippen molar-refractivity contribution in [2.75, 3.05) is 0 Å². The van der Waals surface area contributed by atoms with Crippen molar-refractivity contribution in [3.8, 4) is 0 Å². The minimum atomic E-state index is 0.342. The second-order valence-corrected chi connectivity index (χ2v) is 3.80. The van der Waals surface area contributed by atoms with Gasteiger partial charge < -0.3 is 0 Å². The number of H-pyrrole nitrogens is 1. The molecule has 56 valence electrons. The fourth-order valence-electron chi connectivity index (χ4n) is 0.933. The van der Waals surface area contributed by atoms with Gasteiger partial charge in [0.05, 0.1) is 5.69 Å². The summed E-state index contributed by atoms with van der Waals surface area (Å²) in [6, 6.07) is 2.02. The van der Waals surface area contributed by atoms with Gasteiger partial charge in [0, 0.05) is 6.20 Å². The number of aromatic nitrogens is 2. The third kappa shape index (κ3) is 2.21. The Morgan fingerprint density at radius 3 is 2.60 bits per heavy atom. The van der Waals surface area contributed by atoms with E-state index in [9.17, 15) is 0 Å². The highest BCUT2D eigenvalue weighted by Crippen LogP contribution is 2.18. The van der Waals surface area contributed by atoms with Crippen molar-refractivity contribution in [1.82, 2.24) is 10.2 Å². The minimum Gasteiger partial charge on any atom is -0.285 e. The lowest BCUT2D eigenvalue weighted by atomic mass is 9.91. The first-order chi connectivity index (χ1) is 4.58. The van der Waals surface area contributed by atoms with E-state index in [1.54, 1.807) is 0 Å². The monoisotopic (exact) mass is 138 g/mol. The number of nitrogens with zero attached hydrogens (tertiary/aromatic N) is 1. The maximum atomic E-state index is 4.08. The van der Waals surface area contributed by atoms with Crippen LogP contribution in [-0.4, -0.2) is 10.2 Å². The van der Waals surface area contributed by atoms with E-state index < -0.39 is 0 Å². The number of hydrogen-bond donors (Lipinski definition) is 1. The van der Waals surface area contributed by atoms with Crippen LogP contribution in [0.2, 0.25) is 0 Å². The van der Waals surface area contributed by atoms with Gasteiger partial charge in [-0.25, -0.2) is 0 Å². The van der Waals surface area contributed by atoms with Gasteiger partial charge in [-0.2, -0.15) is 5.10 Å². The molecule has 1 aromatic heterocycles. The molecule has 0 amide bonds. The predicted molar refractivity (Wildman–Crippen MR) is 41.7 cm³/mol. The Labute approximate surface area is 61.7 Å². The van der Waals surface area contributed by atoms with Crippen molar-refractivity contribution in [2.45, 2.75) is 27.2 Å². The SMILES string of the molecule is CC(C)(C)Cc1cc[nH]n1. The van der Waals surface area contributed by atoms with Gasteiger partial charge in [0.2, 0.25) is 0 Å². The van der Waals surface area contributed by atoms with E-state index in [1.807, 2.05) is 12.3 Å². The molecule has 0 aromatic carbocycles. The van der Waals surface area contributed by atoms with E-state index in [0.29, 0.717) is 5.41 Å². The Morgan fingerprint density at radius 1 is 1.50 bits per heavy atom. The lowest BCUT2D eigenvalue weighted by Crippen LogP contribution is -2.09. The molecule has 0 atom stereocenters. The fourth-order valence-corrected chi connectivity index (χ4v) is 0.933. The molecule has 2 nitrogen and oxygen atoms in total. The van der Waals surface area contributed by atoms with E-state index in [4.69, 9.17) is 0 Å².